The Morgan fingerprint density at radius 3 is 2.52 bits per heavy atom. The van der Waals surface area contributed by atoms with Crippen molar-refractivity contribution in [2.24, 2.45) is 0 Å². The normalized spacial score (nSPS) is 11.8. The number of aliphatic hydroxyl groups is 1. The molecule has 2 heterocycles. The van der Waals surface area contributed by atoms with Gasteiger partial charge < -0.3 is 19.1 Å². The van der Waals surface area contributed by atoms with E-state index in [9.17, 15) is 9.90 Å². The third-order valence-electron chi connectivity index (χ3n) is 5.08. The zero-order valence-electron chi connectivity index (χ0n) is 19.0. The van der Waals surface area contributed by atoms with Crippen LogP contribution in [0.5, 0.6) is 0 Å². The van der Waals surface area contributed by atoms with Gasteiger partial charge in [0.05, 0.1) is 23.2 Å². The number of rotatable bonds is 8. The molecule has 8 heteroatoms. The van der Waals surface area contributed by atoms with Gasteiger partial charge in [-0.2, -0.15) is 0 Å². The first-order valence-electron chi connectivity index (χ1n) is 10.9. The summed E-state index contributed by atoms with van der Waals surface area (Å²) in [7, 11) is 0. The van der Waals surface area contributed by atoms with Crippen molar-refractivity contribution in [2.45, 2.75) is 46.1 Å². The van der Waals surface area contributed by atoms with Gasteiger partial charge in [0.1, 0.15) is 24.6 Å². The third kappa shape index (κ3) is 5.30. The van der Waals surface area contributed by atoms with Crippen LogP contribution in [0.15, 0.2) is 54.6 Å². The topological polar surface area (TPSA) is 98.5 Å². The maximum atomic E-state index is 12.6. The van der Waals surface area contributed by atoms with Gasteiger partial charge in [-0.3, -0.25) is 5.32 Å². The van der Waals surface area contributed by atoms with Crippen molar-refractivity contribution in [3.8, 4) is 0 Å². The van der Waals surface area contributed by atoms with E-state index in [2.05, 4.69) is 10.3 Å². The number of imidazole rings is 1. The predicted octanol–water partition coefficient (Wildman–Crippen LogP) is 4.64. The molecule has 0 unspecified atom stereocenters. The number of aromatic nitrogens is 3. The summed E-state index contributed by atoms with van der Waals surface area (Å²) in [6.45, 7) is 6.65. The molecule has 0 saturated heterocycles. The van der Waals surface area contributed by atoms with Crippen LogP contribution in [0.3, 0.4) is 0 Å². The highest BCUT2D eigenvalue weighted by atomic mass is 16.5. The molecule has 0 saturated carbocycles. The second-order valence-electron chi connectivity index (χ2n) is 8.43. The Labute approximate surface area is 192 Å². The molecule has 2 N–H and O–H groups in total. The lowest BCUT2D eigenvalue weighted by Crippen LogP contribution is -2.27. The van der Waals surface area contributed by atoms with E-state index in [0.29, 0.717) is 35.8 Å². The first-order valence-corrected chi connectivity index (χ1v) is 10.9. The van der Waals surface area contributed by atoms with Gasteiger partial charge in [0.2, 0.25) is 0 Å². The monoisotopic (exact) mass is 448 g/mol. The zero-order chi connectivity index (χ0) is 23.4. The van der Waals surface area contributed by atoms with Gasteiger partial charge in [0.25, 0.3) is 0 Å². The van der Waals surface area contributed by atoms with Crippen LogP contribution in [-0.2, 0) is 29.2 Å². The fourth-order valence-electron chi connectivity index (χ4n) is 3.69. The van der Waals surface area contributed by atoms with Crippen LogP contribution in [0.2, 0.25) is 0 Å². The lowest BCUT2D eigenvalue weighted by molar-refractivity contribution is 0.0582. The number of carbonyl (C=O) groups is 1. The predicted molar refractivity (Wildman–Crippen MR) is 127 cm³/mol. The Kier molecular flexibility index (Phi) is 6.57. The number of fused-ring (bicyclic) bond motifs is 3. The summed E-state index contributed by atoms with van der Waals surface area (Å²) in [5.41, 5.74) is 1.89. The van der Waals surface area contributed by atoms with Crippen molar-refractivity contribution < 1.29 is 19.4 Å². The molecule has 4 aromatic rings. The summed E-state index contributed by atoms with van der Waals surface area (Å²) in [6, 6.07) is 17.1. The SMILES string of the molecule is CCOCc1nc2c(NC(=O)OCc3ccccc3)nc3ccccc3c2n1CC(C)(C)O. The number of nitrogens with zero attached hydrogens (tertiary/aromatic N) is 3. The van der Waals surface area contributed by atoms with Gasteiger partial charge in [-0.1, -0.05) is 48.5 Å². The number of nitrogens with one attached hydrogen (secondary N) is 1. The summed E-state index contributed by atoms with van der Waals surface area (Å²) < 4.78 is 13.0. The van der Waals surface area contributed by atoms with Crippen LogP contribution in [-0.4, -0.2) is 37.9 Å². The second-order valence-corrected chi connectivity index (χ2v) is 8.43. The van der Waals surface area contributed by atoms with E-state index in [1.807, 2.05) is 66.1 Å². The smallest absolute Gasteiger partial charge is 0.413 e. The highest BCUT2D eigenvalue weighted by Gasteiger charge is 2.24. The van der Waals surface area contributed by atoms with Crippen molar-refractivity contribution in [3.63, 3.8) is 0 Å². The molecule has 172 valence electrons. The molecule has 0 atom stereocenters. The molecular formula is C25H28N4O4. The van der Waals surface area contributed by atoms with Gasteiger partial charge >= 0.3 is 6.09 Å². The molecule has 0 bridgehead atoms. The average molecular weight is 449 g/mol. The van der Waals surface area contributed by atoms with Crippen molar-refractivity contribution in [1.29, 1.82) is 0 Å². The standard InChI is InChI=1S/C25H28N4O4/c1-4-32-15-20-27-21-22(29(20)16-25(2,3)31)18-12-8-9-13-19(18)26-23(21)28-24(30)33-14-17-10-6-5-7-11-17/h5-13,31H,4,14-16H2,1-3H3,(H,26,28,30). The number of benzene rings is 2. The lowest BCUT2D eigenvalue weighted by Gasteiger charge is -2.20. The van der Waals surface area contributed by atoms with Gasteiger partial charge in [0, 0.05) is 12.0 Å². The first-order chi connectivity index (χ1) is 15.9. The number of carbonyl (C=O) groups excluding carboxylic acids is 1. The molecule has 8 nitrogen and oxygen atoms in total. The minimum atomic E-state index is -0.985. The van der Waals surface area contributed by atoms with Crippen molar-refractivity contribution in [3.05, 3.63) is 66.0 Å². The number of hydrogen-bond donors (Lipinski definition) is 2. The Hall–Kier alpha value is -3.49. The van der Waals surface area contributed by atoms with Crippen LogP contribution in [0.25, 0.3) is 21.9 Å². The molecular weight excluding hydrogens is 420 g/mol. The molecule has 2 aromatic carbocycles. The second kappa shape index (κ2) is 9.56. The van der Waals surface area contributed by atoms with Gasteiger partial charge in [0.15, 0.2) is 5.82 Å². The lowest BCUT2D eigenvalue weighted by atomic mass is 10.1. The van der Waals surface area contributed by atoms with Crippen LogP contribution in [0.4, 0.5) is 10.6 Å². The largest absolute Gasteiger partial charge is 0.444 e. The molecule has 1 amide bonds. The zero-order valence-corrected chi connectivity index (χ0v) is 19.0. The van der Waals surface area contributed by atoms with Gasteiger partial charge in [-0.05, 0) is 32.4 Å². The summed E-state index contributed by atoms with van der Waals surface area (Å²) in [5, 5.41) is 14.2. The highest BCUT2D eigenvalue weighted by Crippen LogP contribution is 2.31. The fourth-order valence-corrected chi connectivity index (χ4v) is 3.69. The van der Waals surface area contributed by atoms with Crippen molar-refractivity contribution in [2.75, 3.05) is 11.9 Å². The fraction of sp³-hybridized carbons (Fsp3) is 0.320. The molecule has 4 rings (SSSR count). The number of amides is 1. The van der Waals surface area contributed by atoms with E-state index in [-0.39, 0.29) is 13.2 Å². The minimum Gasteiger partial charge on any atom is -0.444 e. The summed E-state index contributed by atoms with van der Waals surface area (Å²) in [4.78, 5) is 22.0. The summed E-state index contributed by atoms with van der Waals surface area (Å²) >= 11 is 0. The van der Waals surface area contributed by atoms with Crippen LogP contribution >= 0.6 is 0 Å². The van der Waals surface area contributed by atoms with Crippen molar-refractivity contribution in [1.82, 2.24) is 14.5 Å². The molecule has 0 aliphatic carbocycles. The Balaban J connectivity index is 1.76. The van der Waals surface area contributed by atoms with Gasteiger partial charge in [-0.25, -0.2) is 14.8 Å². The van der Waals surface area contributed by atoms with E-state index in [4.69, 9.17) is 14.5 Å². The highest BCUT2D eigenvalue weighted by molar-refractivity contribution is 6.09. The van der Waals surface area contributed by atoms with E-state index in [0.717, 1.165) is 16.5 Å². The molecule has 2 aromatic heterocycles. The molecule has 0 aliphatic rings. The van der Waals surface area contributed by atoms with E-state index in [1.54, 1.807) is 13.8 Å². The summed E-state index contributed by atoms with van der Waals surface area (Å²) in [5.74, 6) is 0.946. The number of anilines is 1. The molecule has 0 aliphatic heterocycles. The Morgan fingerprint density at radius 1 is 1.06 bits per heavy atom. The number of ether oxygens (including phenoxy) is 2. The maximum absolute atomic E-state index is 12.6. The average Bonchev–Trinajstić information content (AvgIpc) is 3.14. The molecule has 0 spiro atoms. The first kappa shape index (κ1) is 22.7. The van der Waals surface area contributed by atoms with E-state index in [1.165, 1.54) is 0 Å². The van der Waals surface area contributed by atoms with Crippen molar-refractivity contribution >= 4 is 33.8 Å². The van der Waals surface area contributed by atoms with E-state index < -0.39 is 11.7 Å². The minimum absolute atomic E-state index is 0.145. The quantitative estimate of drug-likeness (QED) is 0.407. The number of hydrogen-bond acceptors (Lipinski definition) is 6. The molecule has 33 heavy (non-hydrogen) atoms. The van der Waals surface area contributed by atoms with Gasteiger partial charge in [-0.15, -0.1) is 0 Å². The number of para-hydroxylation sites is 1. The van der Waals surface area contributed by atoms with E-state index >= 15 is 0 Å². The van der Waals surface area contributed by atoms with Crippen LogP contribution < -0.4 is 5.32 Å². The molecule has 0 radical (unpaired) electrons. The number of pyridine rings is 1. The Morgan fingerprint density at radius 2 is 1.79 bits per heavy atom. The molecule has 0 fully saturated rings. The van der Waals surface area contributed by atoms with Crippen LogP contribution in [0, 0.1) is 0 Å². The Bertz CT molecular complexity index is 1260. The van der Waals surface area contributed by atoms with Crippen LogP contribution in [0.1, 0.15) is 32.2 Å². The third-order valence-corrected chi connectivity index (χ3v) is 5.08. The maximum Gasteiger partial charge on any atom is 0.413 e. The summed E-state index contributed by atoms with van der Waals surface area (Å²) in [6.07, 6.45) is -0.619.